The third-order valence-corrected chi connectivity index (χ3v) is 12.8. The molecule has 7 N–H and O–H groups in total. The van der Waals surface area contributed by atoms with E-state index in [-0.39, 0.29) is 207 Å². The van der Waals surface area contributed by atoms with Gasteiger partial charge in [-0.15, -0.1) is 5.11 Å². The Balaban J connectivity index is 0. The zero-order valence-electron chi connectivity index (χ0n) is 39.7. The van der Waals surface area contributed by atoms with Crippen molar-refractivity contribution < 1.29 is 210 Å². The predicted molar refractivity (Wildman–Crippen MR) is 247 cm³/mol. The number of rotatable bonds is 14. The van der Waals surface area contributed by atoms with Crippen LogP contribution >= 0.6 is 11.6 Å². The molecule has 1 aromatic heterocycles. The fourth-order valence-electron chi connectivity index (χ4n) is 5.55. The number of hydrogen-bond donors (Lipinski definition) is 7. The Morgan fingerprint density at radius 3 is 1.67 bits per heavy atom. The van der Waals surface area contributed by atoms with Crippen molar-refractivity contribution in [3.05, 3.63) is 104 Å². The smallest absolute Gasteiger partial charge is 0.744 e. The molecule has 1 radical (unpaired) electrons. The average Bonchev–Trinajstić information content (AvgIpc) is 3.24. The molecule has 0 aliphatic carbocycles. The number of aryl methyl sites for hydroxylation is 1. The van der Waals surface area contributed by atoms with Crippen molar-refractivity contribution in [1.29, 1.82) is 0 Å². The maximum Gasteiger partial charge on any atom is 1.00 e. The van der Waals surface area contributed by atoms with Gasteiger partial charge in [0, 0.05) is 58.7 Å². The molecule has 0 saturated carbocycles. The third-order valence-electron chi connectivity index (χ3n) is 8.54. The number of anilines is 5. The molecule has 5 aromatic carbocycles. The quantitative estimate of drug-likeness (QED) is 0.0175. The summed E-state index contributed by atoms with van der Waals surface area (Å²) in [6, 6.07) is 18.9. The average molecular weight is 1240 g/mol. The number of nitrogens with one attached hydrogen (secondary N) is 3. The molecule has 6 aromatic rings. The van der Waals surface area contributed by atoms with Gasteiger partial charge in [0.25, 0.3) is 0 Å². The van der Waals surface area contributed by atoms with E-state index in [0.717, 1.165) is 12.1 Å². The molecule has 0 aliphatic heterocycles. The number of hydrogen-bond acceptors (Lipinski definition) is 25. The molecule has 0 atom stereocenters. The Morgan fingerprint density at radius 2 is 1.16 bits per heavy atom. The molecule has 38 heteroatoms. The SMILES string of the molecule is O=S(=O)([O-])O.O=S(=O)([O-])O.[CH2-]CS(=O)(=O)c1ccc(Nc2nc(Cl)nc(Nc3ccc(S(=O)(=O)[O-])c(N=Nc4c(NC)ccc5c(O)c(N=Nc6cc(C)c(S(=O)(=O)C[CH2-])cc6O)[c-]cc45)c3)n2)cc1.[Cu].[Na+].[Na+].[Na+].[Na+]. The number of phenols is 2. The second-order valence-electron chi connectivity index (χ2n) is 13.3. The molecule has 27 nitrogen and oxygen atoms in total. The van der Waals surface area contributed by atoms with Crippen LogP contribution in [0.15, 0.2) is 108 Å². The first kappa shape index (κ1) is 75.0. The second-order valence-corrected chi connectivity index (χ2v) is 20.9. The summed E-state index contributed by atoms with van der Waals surface area (Å²) in [4.78, 5) is 11.6. The molecule has 0 unspecified atom stereocenters. The Labute approximate surface area is 534 Å². The molecular formula is C37H33ClCuN10Na4O17S5-2. The molecule has 0 amide bonds. The van der Waals surface area contributed by atoms with E-state index in [2.05, 4.69) is 71.3 Å². The van der Waals surface area contributed by atoms with E-state index in [1.165, 1.54) is 61.5 Å². The number of nitrogens with zero attached hydrogens (tertiary/aromatic N) is 7. The van der Waals surface area contributed by atoms with Crippen molar-refractivity contribution in [2.75, 3.05) is 34.5 Å². The molecule has 0 spiro atoms. The second kappa shape index (κ2) is 31.6. The Bertz CT molecular complexity index is 3570. The van der Waals surface area contributed by atoms with Crippen molar-refractivity contribution in [3.63, 3.8) is 0 Å². The van der Waals surface area contributed by atoms with Gasteiger partial charge in [-0.1, -0.05) is 28.3 Å². The van der Waals surface area contributed by atoms with E-state index in [0.29, 0.717) is 16.9 Å². The molecule has 0 bridgehead atoms. The molecule has 387 valence electrons. The summed E-state index contributed by atoms with van der Waals surface area (Å²) in [5.41, 5.74) is 0.741. The number of halogens is 1. The van der Waals surface area contributed by atoms with Gasteiger partial charge >= 0.3 is 118 Å². The van der Waals surface area contributed by atoms with Crippen LogP contribution in [0, 0.1) is 26.8 Å². The number of azo groups is 2. The van der Waals surface area contributed by atoms with Crippen LogP contribution in [0.2, 0.25) is 5.28 Å². The van der Waals surface area contributed by atoms with Crippen molar-refractivity contribution >= 4 is 125 Å². The van der Waals surface area contributed by atoms with Crippen molar-refractivity contribution in [1.82, 2.24) is 15.0 Å². The molecule has 1 heterocycles. The summed E-state index contributed by atoms with van der Waals surface area (Å²) in [5.74, 6) is -1.75. The van der Waals surface area contributed by atoms with Gasteiger partial charge in [-0.25, -0.2) is 42.1 Å². The minimum Gasteiger partial charge on any atom is -0.744 e. The van der Waals surface area contributed by atoms with Crippen LogP contribution in [-0.2, 0) is 67.7 Å². The number of benzene rings is 5. The summed E-state index contributed by atoms with van der Waals surface area (Å²) in [7, 11) is -20.6. The van der Waals surface area contributed by atoms with Gasteiger partial charge < -0.3 is 53.7 Å². The first-order chi connectivity index (χ1) is 32.3. The number of fused-ring (bicyclic) bond motifs is 1. The number of aromatic nitrogens is 3. The Hall–Kier alpha value is -2.07. The number of aromatic hydroxyl groups is 2. The summed E-state index contributed by atoms with van der Waals surface area (Å²) in [6.07, 6.45) is 0. The van der Waals surface area contributed by atoms with Gasteiger partial charge in [0.05, 0.1) is 20.4 Å². The Kier molecular flexibility index (Phi) is 31.6. The molecule has 0 saturated heterocycles. The van der Waals surface area contributed by atoms with Crippen LogP contribution in [0.1, 0.15) is 5.56 Å². The maximum absolute atomic E-state index is 12.3. The van der Waals surface area contributed by atoms with Crippen LogP contribution in [0.25, 0.3) is 10.8 Å². The topological polar surface area (TPSA) is 445 Å². The van der Waals surface area contributed by atoms with Crippen molar-refractivity contribution in [2.24, 2.45) is 20.5 Å². The van der Waals surface area contributed by atoms with E-state index in [9.17, 15) is 40.0 Å². The van der Waals surface area contributed by atoms with Crippen LogP contribution in [-0.4, -0.2) is 109 Å². The fourth-order valence-corrected chi connectivity index (χ4v) is 8.14. The summed E-state index contributed by atoms with van der Waals surface area (Å²) < 4.78 is 151. The predicted octanol–water partition coefficient (Wildman–Crippen LogP) is -6.30. The minimum absolute atomic E-state index is 0. The van der Waals surface area contributed by atoms with Gasteiger partial charge in [-0.3, -0.25) is 9.11 Å². The van der Waals surface area contributed by atoms with Gasteiger partial charge in [-0.05, 0) is 78.7 Å². The molecule has 0 aliphatic rings. The Morgan fingerprint density at radius 1 is 0.653 bits per heavy atom. The molecule has 75 heavy (non-hydrogen) atoms. The van der Waals surface area contributed by atoms with Gasteiger partial charge in [0.2, 0.25) is 38.0 Å². The van der Waals surface area contributed by atoms with E-state index in [4.69, 9.17) is 46.6 Å². The van der Waals surface area contributed by atoms with E-state index < -0.39 is 72.7 Å². The standard InChI is InChI=1S/C37H32ClN10O9S3.Cu.4Na.2H2O4S/c1-5-58(51,52)23-10-7-21(8-11-23)40-36-42-35(38)43-37(44-36)41-22-9-16-31(60(55,56)57)29(18-22)47-48-33-24-12-15-27(34(50)25(24)13-14-26(33)39-4)45-46-28-17-20(3)32(19-30(28)49)59(53,54)6-2;;;;;;2*1-5(2,3)4/h7-14,16-19,39,49-50H,1-2,5-6H2,3-4H3,(H,55,56,57)(H2,40,41,42,43,44);;;;;;2*(H2,1,2,3,4)/q-3;;4*+1;;/p-3. The molecule has 0 fully saturated rings. The maximum atomic E-state index is 12.3. The van der Waals surface area contributed by atoms with Gasteiger partial charge in [-0.2, -0.15) is 42.4 Å². The van der Waals surface area contributed by atoms with Crippen molar-refractivity contribution in [3.8, 4) is 11.5 Å². The zero-order valence-corrected chi connectivity index (χ0v) is 53.5. The minimum atomic E-state index is -5.09. The molecule has 6 rings (SSSR count). The zero-order chi connectivity index (χ0) is 52.6. The van der Waals surface area contributed by atoms with E-state index in [1.807, 2.05) is 0 Å². The first-order valence-corrected chi connectivity index (χ1v) is 26.3. The summed E-state index contributed by atoms with van der Waals surface area (Å²) in [6.45, 7) is 8.36. The summed E-state index contributed by atoms with van der Waals surface area (Å²) in [5, 5.41) is 46.9. The monoisotopic (exact) mass is 1240 g/mol. The molecular weight excluding hydrogens is 1210 g/mol. The fraction of sp³-hybridized carbons (Fsp3) is 0.108. The summed E-state index contributed by atoms with van der Waals surface area (Å²) >= 11 is 6.15. The third kappa shape index (κ3) is 23.3. The van der Waals surface area contributed by atoms with Gasteiger partial charge in [0.1, 0.15) is 27.2 Å². The van der Waals surface area contributed by atoms with E-state index in [1.54, 1.807) is 13.1 Å². The van der Waals surface area contributed by atoms with Crippen molar-refractivity contribution in [2.45, 2.75) is 21.6 Å². The number of sulfone groups is 2. The first-order valence-electron chi connectivity index (χ1n) is 18.4. The number of phenolic OH excluding ortho intramolecular Hbond substituents is 2. The van der Waals surface area contributed by atoms with Crippen LogP contribution < -0.4 is 134 Å². The largest absolute Gasteiger partial charge is 1.00 e. The van der Waals surface area contributed by atoms with Crippen LogP contribution in [0.5, 0.6) is 11.5 Å². The van der Waals surface area contributed by atoms with Crippen LogP contribution in [0.3, 0.4) is 0 Å². The van der Waals surface area contributed by atoms with E-state index >= 15 is 0 Å². The normalized spacial score (nSPS) is 11.4. The van der Waals surface area contributed by atoms with Crippen LogP contribution in [0.4, 0.5) is 51.7 Å². The van der Waals surface area contributed by atoms with Gasteiger partial charge in [0.15, 0.2) is 19.7 Å².